The zero-order valence-electron chi connectivity index (χ0n) is 16.4. The van der Waals surface area contributed by atoms with Crippen LogP contribution in [0.4, 0.5) is 5.69 Å². The van der Waals surface area contributed by atoms with Gasteiger partial charge in [0.05, 0.1) is 11.9 Å². The lowest BCUT2D eigenvalue weighted by Crippen LogP contribution is -2.34. The zero-order valence-corrected chi connectivity index (χ0v) is 17.2. The molecule has 0 amide bonds. The number of sulfonamides is 1. The normalized spacial score (nSPS) is 13.9. The van der Waals surface area contributed by atoms with Crippen molar-refractivity contribution in [3.8, 4) is 11.4 Å². The number of nitrogens with zero attached hydrogens (tertiary/aromatic N) is 4. The summed E-state index contributed by atoms with van der Waals surface area (Å²) in [6.07, 6.45) is 2.69. The van der Waals surface area contributed by atoms with Gasteiger partial charge in [0.25, 0.3) is 0 Å². The average molecular weight is 410 g/mol. The summed E-state index contributed by atoms with van der Waals surface area (Å²) in [5.41, 5.74) is 2.99. The van der Waals surface area contributed by atoms with Crippen LogP contribution in [0.15, 0.2) is 48.5 Å². The van der Waals surface area contributed by atoms with E-state index in [2.05, 4.69) is 10.1 Å². The number of anilines is 1. The minimum atomic E-state index is -3.33. The summed E-state index contributed by atoms with van der Waals surface area (Å²) in [7, 11) is -3.33. The molecule has 150 valence electrons. The first-order valence-corrected chi connectivity index (χ1v) is 11.3. The summed E-state index contributed by atoms with van der Waals surface area (Å²) >= 11 is 0. The fourth-order valence-electron chi connectivity index (χ4n) is 3.67. The summed E-state index contributed by atoms with van der Waals surface area (Å²) in [6.45, 7) is 2.34. The van der Waals surface area contributed by atoms with Crippen molar-refractivity contribution in [1.29, 1.82) is 0 Å². The number of Topliss-reactive ketones (excluding diaryl/α,β-unsaturated/α-hetero) is 1. The number of ketones is 1. The lowest BCUT2D eigenvalue weighted by atomic mass is 9.99. The van der Waals surface area contributed by atoms with E-state index in [9.17, 15) is 13.2 Å². The Morgan fingerprint density at radius 1 is 1.14 bits per heavy atom. The molecule has 0 bridgehead atoms. The third kappa shape index (κ3) is 3.93. The van der Waals surface area contributed by atoms with Crippen molar-refractivity contribution in [1.82, 2.24) is 14.8 Å². The maximum Gasteiger partial charge on any atom is 0.232 e. The molecule has 0 aliphatic carbocycles. The third-order valence-corrected chi connectivity index (χ3v) is 6.16. The van der Waals surface area contributed by atoms with Gasteiger partial charge in [-0.2, -0.15) is 5.10 Å². The Kier molecular flexibility index (Phi) is 4.96. The van der Waals surface area contributed by atoms with Crippen LogP contribution in [0.3, 0.4) is 0 Å². The molecule has 29 heavy (non-hydrogen) atoms. The van der Waals surface area contributed by atoms with Crippen molar-refractivity contribution in [2.75, 3.05) is 17.1 Å². The molecule has 0 fully saturated rings. The number of rotatable bonds is 5. The van der Waals surface area contributed by atoms with Gasteiger partial charge in [-0.15, -0.1) is 0 Å². The average Bonchev–Trinajstić information content (AvgIpc) is 3.07. The first kappa shape index (κ1) is 19.3. The van der Waals surface area contributed by atoms with Gasteiger partial charge in [-0.3, -0.25) is 9.10 Å². The van der Waals surface area contributed by atoms with Crippen LogP contribution < -0.4 is 4.31 Å². The second-order valence-corrected chi connectivity index (χ2v) is 9.12. The van der Waals surface area contributed by atoms with E-state index in [4.69, 9.17) is 0 Å². The van der Waals surface area contributed by atoms with Gasteiger partial charge < -0.3 is 0 Å². The monoisotopic (exact) mass is 410 g/mol. The van der Waals surface area contributed by atoms with Crippen LogP contribution in [-0.2, 0) is 23.0 Å². The van der Waals surface area contributed by atoms with Crippen LogP contribution in [-0.4, -0.2) is 41.8 Å². The van der Waals surface area contributed by atoms with E-state index >= 15 is 0 Å². The van der Waals surface area contributed by atoms with E-state index in [1.54, 1.807) is 29.8 Å². The van der Waals surface area contributed by atoms with Crippen molar-refractivity contribution in [2.45, 2.75) is 26.3 Å². The molecule has 0 unspecified atom stereocenters. The highest BCUT2D eigenvalue weighted by atomic mass is 32.2. The topological polar surface area (TPSA) is 85.2 Å². The Morgan fingerprint density at radius 3 is 2.62 bits per heavy atom. The van der Waals surface area contributed by atoms with Crippen LogP contribution in [0.25, 0.3) is 11.4 Å². The quantitative estimate of drug-likeness (QED) is 0.604. The van der Waals surface area contributed by atoms with E-state index in [-0.39, 0.29) is 12.3 Å². The minimum Gasteiger partial charge on any atom is -0.292 e. The van der Waals surface area contributed by atoms with Crippen molar-refractivity contribution >= 4 is 21.5 Å². The number of hydrogen-bond donors (Lipinski definition) is 0. The SMILES string of the molecule is Cc1nc(-c2ccccc2)n(CC(=O)c2ccc3c(c2)CCCN3S(C)(=O)=O)n1. The Balaban J connectivity index is 1.63. The van der Waals surface area contributed by atoms with E-state index in [0.717, 1.165) is 24.0 Å². The second-order valence-electron chi connectivity index (χ2n) is 7.21. The highest BCUT2D eigenvalue weighted by Crippen LogP contribution is 2.30. The van der Waals surface area contributed by atoms with Crippen LogP contribution in [0.2, 0.25) is 0 Å². The second kappa shape index (κ2) is 7.44. The molecular weight excluding hydrogens is 388 g/mol. The predicted octanol–water partition coefficient (Wildman–Crippen LogP) is 2.85. The van der Waals surface area contributed by atoms with Crippen molar-refractivity contribution < 1.29 is 13.2 Å². The molecule has 1 aromatic heterocycles. The van der Waals surface area contributed by atoms with E-state index in [0.29, 0.717) is 29.4 Å². The number of aryl methyl sites for hydroxylation is 2. The molecule has 0 spiro atoms. The molecule has 2 aromatic carbocycles. The largest absolute Gasteiger partial charge is 0.292 e. The van der Waals surface area contributed by atoms with Gasteiger partial charge in [0.15, 0.2) is 11.6 Å². The minimum absolute atomic E-state index is 0.0691. The van der Waals surface area contributed by atoms with Gasteiger partial charge in [0.1, 0.15) is 12.4 Å². The third-order valence-electron chi connectivity index (χ3n) is 4.98. The van der Waals surface area contributed by atoms with Crippen LogP contribution in [0.5, 0.6) is 0 Å². The Labute approximate surface area is 170 Å². The van der Waals surface area contributed by atoms with E-state index < -0.39 is 10.0 Å². The fraction of sp³-hybridized carbons (Fsp3) is 0.286. The maximum absolute atomic E-state index is 13.0. The fourth-order valence-corrected chi connectivity index (χ4v) is 4.67. The number of fused-ring (bicyclic) bond motifs is 1. The summed E-state index contributed by atoms with van der Waals surface area (Å²) in [5, 5.41) is 4.38. The van der Waals surface area contributed by atoms with Crippen LogP contribution in [0, 0.1) is 6.92 Å². The molecule has 0 N–H and O–H groups in total. The molecular formula is C21H22N4O3S. The Bertz CT molecular complexity index is 1170. The first-order valence-electron chi connectivity index (χ1n) is 9.43. The predicted molar refractivity (Wildman–Crippen MR) is 111 cm³/mol. The smallest absolute Gasteiger partial charge is 0.232 e. The summed E-state index contributed by atoms with van der Waals surface area (Å²) < 4.78 is 27.1. The molecule has 1 aliphatic rings. The molecule has 1 aliphatic heterocycles. The van der Waals surface area contributed by atoms with Crippen molar-refractivity contribution in [2.24, 2.45) is 0 Å². The zero-order chi connectivity index (χ0) is 20.6. The summed E-state index contributed by atoms with van der Waals surface area (Å²) in [6, 6.07) is 14.9. The standard InChI is InChI=1S/C21H22N4O3S/c1-15-22-21(16-7-4-3-5-8-16)24(23-15)14-20(26)18-10-11-19-17(13-18)9-6-12-25(19)29(2,27)28/h3-5,7-8,10-11,13H,6,9,12,14H2,1-2H3. The van der Waals surface area contributed by atoms with Crippen molar-refractivity contribution in [3.05, 3.63) is 65.5 Å². The molecule has 0 radical (unpaired) electrons. The molecule has 2 heterocycles. The molecule has 7 nitrogen and oxygen atoms in total. The number of carbonyl (C=O) groups excluding carboxylic acids is 1. The number of hydrogen-bond acceptors (Lipinski definition) is 5. The molecule has 4 rings (SSSR count). The Hall–Kier alpha value is -3.00. The molecule has 3 aromatic rings. The lowest BCUT2D eigenvalue weighted by molar-refractivity contribution is 0.0968. The summed E-state index contributed by atoms with van der Waals surface area (Å²) in [4.78, 5) is 17.4. The molecule has 8 heteroatoms. The molecule has 0 atom stereocenters. The maximum atomic E-state index is 13.0. The van der Waals surface area contributed by atoms with Gasteiger partial charge >= 0.3 is 0 Å². The van der Waals surface area contributed by atoms with Gasteiger partial charge in [0.2, 0.25) is 10.0 Å². The number of carbonyl (C=O) groups is 1. The van der Waals surface area contributed by atoms with Gasteiger partial charge in [-0.1, -0.05) is 30.3 Å². The van der Waals surface area contributed by atoms with Crippen molar-refractivity contribution in [3.63, 3.8) is 0 Å². The van der Waals surface area contributed by atoms with E-state index in [1.807, 2.05) is 30.3 Å². The highest BCUT2D eigenvalue weighted by molar-refractivity contribution is 7.92. The number of aromatic nitrogens is 3. The molecule has 0 saturated carbocycles. The molecule has 0 saturated heterocycles. The Morgan fingerprint density at radius 2 is 1.90 bits per heavy atom. The van der Waals surface area contributed by atoms with Crippen LogP contribution in [0.1, 0.15) is 28.2 Å². The summed E-state index contributed by atoms with van der Waals surface area (Å²) in [5.74, 6) is 1.16. The first-order chi connectivity index (χ1) is 13.8. The van der Waals surface area contributed by atoms with Gasteiger partial charge in [0, 0.05) is 17.7 Å². The van der Waals surface area contributed by atoms with E-state index in [1.165, 1.54) is 10.6 Å². The highest BCUT2D eigenvalue weighted by Gasteiger charge is 2.25. The number of benzene rings is 2. The lowest BCUT2D eigenvalue weighted by Gasteiger charge is -2.29. The van der Waals surface area contributed by atoms with Gasteiger partial charge in [-0.05, 0) is 43.5 Å². The van der Waals surface area contributed by atoms with Crippen LogP contribution >= 0.6 is 0 Å². The van der Waals surface area contributed by atoms with Gasteiger partial charge in [-0.25, -0.2) is 18.1 Å².